The Balaban J connectivity index is 2.31. The summed E-state index contributed by atoms with van der Waals surface area (Å²) in [5.74, 6) is -1.01. The molecular weight excluding hydrogens is 319 g/mol. The van der Waals surface area contributed by atoms with Gasteiger partial charge in [0, 0.05) is 5.56 Å². The molecule has 1 aliphatic heterocycles. The lowest BCUT2D eigenvalue weighted by molar-refractivity contribution is -0.137. The molecule has 1 fully saturated rings. The van der Waals surface area contributed by atoms with Crippen molar-refractivity contribution >= 4 is 5.91 Å². The van der Waals surface area contributed by atoms with Gasteiger partial charge in [0.15, 0.2) is 0 Å². The van der Waals surface area contributed by atoms with Crippen LogP contribution in [0.1, 0.15) is 40.2 Å². The summed E-state index contributed by atoms with van der Waals surface area (Å²) in [6.45, 7) is 0.486. The average Bonchev–Trinajstić information content (AvgIpc) is 2.52. The molecule has 1 saturated heterocycles. The zero-order chi connectivity index (χ0) is 17.0. The predicted octanol–water partition coefficient (Wildman–Crippen LogP) is 3.17. The zero-order valence-electron chi connectivity index (χ0n) is 12.2. The van der Waals surface area contributed by atoms with E-state index in [1.165, 1.54) is 6.07 Å². The summed E-state index contributed by atoms with van der Waals surface area (Å²) in [5, 5.41) is 5.05. The Morgan fingerprint density at radius 2 is 1.87 bits per heavy atom. The highest BCUT2D eigenvalue weighted by atomic mass is 19.4. The lowest BCUT2D eigenvalue weighted by atomic mass is 9.88. The summed E-state index contributed by atoms with van der Waals surface area (Å²) >= 11 is 0. The van der Waals surface area contributed by atoms with Crippen molar-refractivity contribution in [2.45, 2.75) is 31.4 Å². The molecule has 0 aliphatic carbocycles. The molecule has 0 atom stereocenters. The van der Waals surface area contributed by atoms with Crippen molar-refractivity contribution in [3.63, 3.8) is 0 Å². The summed E-state index contributed by atoms with van der Waals surface area (Å²) in [6.07, 6.45) is -6.02. The first kappa shape index (κ1) is 17.7. The van der Waals surface area contributed by atoms with Crippen LogP contribution in [0.3, 0.4) is 0 Å². The van der Waals surface area contributed by atoms with Crippen molar-refractivity contribution in [2.24, 2.45) is 0 Å². The van der Waals surface area contributed by atoms with E-state index in [4.69, 9.17) is 0 Å². The van der Waals surface area contributed by atoms with E-state index >= 15 is 0 Å². The molecule has 1 aliphatic rings. The minimum Gasteiger partial charge on any atom is -0.346 e. The van der Waals surface area contributed by atoms with E-state index < -0.39 is 30.6 Å². The molecule has 0 spiro atoms. The highest BCUT2D eigenvalue weighted by molar-refractivity contribution is 5.94. The van der Waals surface area contributed by atoms with E-state index in [1.54, 1.807) is 0 Å². The average molecular weight is 336 g/mol. The number of piperidine rings is 1. The van der Waals surface area contributed by atoms with Crippen LogP contribution in [0.15, 0.2) is 18.2 Å². The summed E-state index contributed by atoms with van der Waals surface area (Å²) in [4.78, 5) is 11.8. The smallest absolute Gasteiger partial charge is 0.346 e. The standard InChI is InChI=1S/C15H17F5N2O/c16-13(17)8-22-14(23)11-5-10(9-1-3-21-4-2-9)6-12(7-11)15(18,19)20/h5-7,9,13,21H,1-4,8H2,(H,22,23). The molecule has 8 heteroatoms. The Morgan fingerprint density at radius 3 is 2.43 bits per heavy atom. The van der Waals surface area contributed by atoms with Gasteiger partial charge in [-0.3, -0.25) is 4.79 Å². The molecule has 0 aromatic heterocycles. The van der Waals surface area contributed by atoms with Gasteiger partial charge in [0.05, 0.1) is 12.1 Å². The van der Waals surface area contributed by atoms with Crippen LogP contribution in [-0.4, -0.2) is 32.0 Å². The Hall–Kier alpha value is -1.70. The number of rotatable bonds is 4. The molecule has 3 nitrogen and oxygen atoms in total. The number of nitrogens with one attached hydrogen (secondary N) is 2. The molecule has 1 heterocycles. The monoisotopic (exact) mass is 336 g/mol. The van der Waals surface area contributed by atoms with E-state index in [9.17, 15) is 26.7 Å². The van der Waals surface area contributed by atoms with Crippen LogP contribution in [0.5, 0.6) is 0 Å². The third kappa shape index (κ3) is 4.89. The van der Waals surface area contributed by atoms with E-state index in [0.29, 0.717) is 37.6 Å². The normalized spacial score (nSPS) is 16.6. The second-order valence-corrected chi connectivity index (χ2v) is 5.47. The van der Waals surface area contributed by atoms with Gasteiger partial charge >= 0.3 is 6.18 Å². The Morgan fingerprint density at radius 1 is 1.22 bits per heavy atom. The molecular formula is C15H17F5N2O. The van der Waals surface area contributed by atoms with E-state index in [1.807, 2.05) is 5.32 Å². The number of benzene rings is 1. The van der Waals surface area contributed by atoms with Gasteiger partial charge in [0.2, 0.25) is 0 Å². The maximum atomic E-state index is 13.0. The third-order valence-electron chi connectivity index (χ3n) is 3.77. The van der Waals surface area contributed by atoms with E-state index in [0.717, 1.165) is 6.07 Å². The van der Waals surface area contributed by atoms with Crippen LogP contribution in [0, 0.1) is 0 Å². The van der Waals surface area contributed by atoms with Crippen molar-refractivity contribution in [3.05, 3.63) is 34.9 Å². The molecule has 0 bridgehead atoms. The molecule has 23 heavy (non-hydrogen) atoms. The number of halogens is 5. The minimum atomic E-state index is -4.60. The second kappa shape index (κ2) is 7.25. The summed E-state index contributed by atoms with van der Waals surface area (Å²) in [6, 6.07) is 3.11. The lowest BCUT2D eigenvalue weighted by Crippen LogP contribution is -2.29. The predicted molar refractivity (Wildman–Crippen MR) is 74.6 cm³/mol. The van der Waals surface area contributed by atoms with Gasteiger partial charge in [0.25, 0.3) is 12.3 Å². The number of hydrogen-bond donors (Lipinski definition) is 2. The summed E-state index contributed by atoms with van der Waals surface area (Å²) in [5.41, 5.74) is -0.756. The first-order valence-corrected chi connectivity index (χ1v) is 7.26. The SMILES string of the molecule is O=C(NCC(F)F)c1cc(C2CCNCC2)cc(C(F)(F)F)c1. The van der Waals surface area contributed by atoms with Crippen molar-refractivity contribution in [2.75, 3.05) is 19.6 Å². The van der Waals surface area contributed by atoms with Gasteiger partial charge in [-0.25, -0.2) is 8.78 Å². The quantitative estimate of drug-likeness (QED) is 0.830. The number of alkyl halides is 5. The van der Waals surface area contributed by atoms with Crippen LogP contribution in [-0.2, 0) is 6.18 Å². The summed E-state index contributed by atoms with van der Waals surface area (Å²) < 4.78 is 63.4. The highest BCUT2D eigenvalue weighted by Crippen LogP contribution is 2.34. The number of carbonyl (C=O) groups is 1. The molecule has 1 aromatic rings. The molecule has 1 aromatic carbocycles. The molecule has 0 saturated carbocycles. The molecule has 0 unspecified atom stereocenters. The van der Waals surface area contributed by atoms with Crippen LogP contribution >= 0.6 is 0 Å². The molecule has 1 amide bonds. The van der Waals surface area contributed by atoms with Crippen LogP contribution in [0.25, 0.3) is 0 Å². The van der Waals surface area contributed by atoms with Gasteiger partial charge in [-0.1, -0.05) is 0 Å². The fourth-order valence-electron chi connectivity index (χ4n) is 2.61. The number of hydrogen-bond acceptors (Lipinski definition) is 2. The molecule has 128 valence electrons. The first-order chi connectivity index (χ1) is 10.8. The first-order valence-electron chi connectivity index (χ1n) is 7.26. The van der Waals surface area contributed by atoms with Crippen molar-refractivity contribution in [1.29, 1.82) is 0 Å². The van der Waals surface area contributed by atoms with Crippen molar-refractivity contribution in [3.8, 4) is 0 Å². The van der Waals surface area contributed by atoms with Gasteiger partial charge < -0.3 is 10.6 Å². The fraction of sp³-hybridized carbons (Fsp3) is 0.533. The number of carbonyl (C=O) groups excluding carboxylic acids is 1. The topological polar surface area (TPSA) is 41.1 Å². The maximum Gasteiger partial charge on any atom is 0.416 e. The molecule has 2 rings (SSSR count). The Labute approximate surface area is 130 Å². The number of amides is 1. The van der Waals surface area contributed by atoms with Gasteiger partial charge in [-0.05, 0) is 55.6 Å². The Kier molecular flexibility index (Phi) is 5.56. The molecule has 0 radical (unpaired) electrons. The van der Waals surface area contributed by atoms with E-state index in [2.05, 4.69) is 5.32 Å². The third-order valence-corrected chi connectivity index (χ3v) is 3.77. The lowest BCUT2D eigenvalue weighted by Gasteiger charge is -2.24. The summed E-state index contributed by atoms with van der Waals surface area (Å²) in [7, 11) is 0. The van der Waals surface area contributed by atoms with E-state index in [-0.39, 0.29) is 11.5 Å². The van der Waals surface area contributed by atoms with Crippen molar-refractivity contribution < 1.29 is 26.7 Å². The van der Waals surface area contributed by atoms with Crippen LogP contribution in [0.4, 0.5) is 22.0 Å². The maximum absolute atomic E-state index is 13.0. The molecule has 2 N–H and O–H groups in total. The van der Waals surface area contributed by atoms with Crippen molar-refractivity contribution in [1.82, 2.24) is 10.6 Å². The second-order valence-electron chi connectivity index (χ2n) is 5.47. The largest absolute Gasteiger partial charge is 0.416 e. The van der Waals surface area contributed by atoms with Gasteiger partial charge in [-0.2, -0.15) is 13.2 Å². The van der Waals surface area contributed by atoms with Crippen LogP contribution in [0.2, 0.25) is 0 Å². The highest BCUT2D eigenvalue weighted by Gasteiger charge is 2.32. The fourth-order valence-corrected chi connectivity index (χ4v) is 2.61. The van der Waals surface area contributed by atoms with Gasteiger partial charge in [-0.15, -0.1) is 0 Å². The van der Waals surface area contributed by atoms with Crippen LogP contribution < -0.4 is 10.6 Å². The zero-order valence-corrected chi connectivity index (χ0v) is 12.2. The Bertz CT molecular complexity index is 553. The minimum absolute atomic E-state index is 0.0831. The van der Waals surface area contributed by atoms with Gasteiger partial charge in [0.1, 0.15) is 0 Å².